The van der Waals surface area contributed by atoms with E-state index in [-0.39, 0.29) is 5.91 Å². The number of thiophene rings is 1. The third-order valence-electron chi connectivity index (χ3n) is 4.23. The fourth-order valence-electron chi connectivity index (χ4n) is 2.83. The molecule has 2 N–H and O–H groups in total. The van der Waals surface area contributed by atoms with Gasteiger partial charge in [-0.15, -0.1) is 11.3 Å². The van der Waals surface area contributed by atoms with E-state index in [9.17, 15) is 9.90 Å². The summed E-state index contributed by atoms with van der Waals surface area (Å²) in [6.45, 7) is 2.35. The molecule has 0 atom stereocenters. The first-order chi connectivity index (χ1) is 11.2. The predicted molar refractivity (Wildman–Crippen MR) is 90.0 cm³/mol. The van der Waals surface area contributed by atoms with E-state index in [2.05, 4.69) is 15.2 Å². The van der Waals surface area contributed by atoms with Gasteiger partial charge in [-0.2, -0.15) is 0 Å². The number of aliphatic hydroxyl groups is 1. The molecule has 1 saturated heterocycles. The first kappa shape index (κ1) is 16.1. The molecule has 3 rings (SSSR count). The second-order valence-electron chi connectivity index (χ2n) is 5.88. The van der Waals surface area contributed by atoms with Crippen molar-refractivity contribution in [2.45, 2.75) is 25.0 Å². The van der Waals surface area contributed by atoms with Crippen LogP contribution in [0, 0.1) is 0 Å². The molecule has 0 aromatic carbocycles. The quantitative estimate of drug-likeness (QED) is 0.876. The van der Waals surface area contributed by atoms with Crippen LogP contribution in [0.3, 0.4) is 0 Å². The van der Waals surface area contributed by atoms with E-state index >= 15 is 0 Å². The number of nitrogens with one attached hydrogen (secondary N) is 1. The van der Waals surface area contributed by atoms with Crippen molar-refractivity contribution in [3.8, 4) is 0 Å². The molecular weight excluding hydrogens is 310 g/mol. The number of carbonyl (C=O) groups is 1. The van der Waals surface area contributed by atoms with Crippen molar-refractivity contribution < 1.29 is 9.90 Å². The minimum absolute atomic E-state index is 0.0293. The summed E-state index contributed by atoms with van der Waals surface area (Å²) < 4.78 is 0. The molecule has 1 aliphatic rings. The van der Waals surface area contributed by atoms with Crippen LogP contribution in [-0.2, 0) is 16.9 Å². The van der Waals surface area contributed by atoms with E-state index in [0.29, 0.717) is 39.0 Å². The molecule has 0 spiro atoms. The Kier molecular flexibility index (Phi) is 5.05. The molecule has 0 unspecified atom stereocenters. The second-order valence-corrected chi connectivity index (χ2v) is 6.91. The Bertz CT molecular complexity index is 623. The monoisotopic (exact) mass is 331 g/mol. The maximum atomic E-state index is 12.0. The Morgan fingerprint density at radius 2 is 2.13 bits per heavy atom. The number of likely N-dealkylation sites (tertiary alicyclic amines) is 1. The van der Waals surface area contributed by atoms with E-state index in [1.807, 2.05) is 35.7 Å². The highest BCUT2D eigenvalue weighted by molar-refractivity contribution is 7.09. The van der Waals surface area contributed by atoms with Crippen LogP contribution in [0.25, 0.3) is 0 Å². The standard InChI is InChI=1S/C17H21N3O2S/c21-16(19-12-14-4-3-11-23-14)13-20-9-6-17(22,7-10-20)15-5-1-2-8-18-15/h1-5,8,11,22H,6-7,9-10,12-13H2,(H,19,21). The van der Waals surface area contributed by atoms with Gasteiger partial charge < -0.3 is 10.4 Å². The molecule has 3 heterocycles. The average molecular weight is 331 g/mol. The number of hydrogen-bond donors (Lipinski definition) is 2. The largest absolute Gasteiger partial charge is 0.383 e. The third-order valence-corrected chi connectivity index (χ3v) is 5.11. The van der Waals surface area contributed by atoms with Gasteiger partial charge >= 0.3 is 0 Å². The van der Waals surface area contributed by atoms with Crippen LogP contribution in [0.2, 0.25) is 0 Å². The molecular formula is C17H21N3O2S. The number of aromatic nitrogens is 1. The van der Waals surface area contributed by atoms with Crippen molar-refractivity contribution in [3.63, 3.8) is 0 Å². The molecule has 0 bridgehead atoms. The molecule has 6 heteroatoms. The Labute approximate surface area is 140 Å². The topological polar surface area (TPSA) is 65.5 Å². The second kappa shape index (κ2) is 7.21. The molecule has 23 heavy (non-hydrogen) atoms. The van der Waals surface area contributed by atoms with Gasteiger partial charge in [-0.25, -0.2) is 0 Å². The van der Waals surface area contributed by atoms with Gasteiger partial charge in [-0.05, 0) is 36.4 Å². The van der Waals surface area contributed by atoms with Crippen LogP contribution < -0.4 is 5.32 Å². The summed E-state index contributed by atoms with van der Waals surface area (Å²) in [6.07, 6.45) is 2.90. The van der Waals surface area contributed by atoms with E-state index in [4.69, 9.17) is 0 Å². The molecule has 1 fully saturated rings. The summed E-state index contributed by atoms with van der Waals surface area (Å²) in [6, 6.07) is 9.60. The van der Waals surface area contributed by atoms with Crippen molar-refractivity contribution in [1.82, 2.24) is 15.2 Å². The molecule has 2 aromatic heterocycles. The van der Waals surface area contributed by atoms with Gasteiger partial charge in [0.2, 0.25) is 5.91 Å². The summed E-state index contributed by atoms with van der Waals surface area (Å²) in [5.74, 6) is 0.0293. The van der Waals surface area contributed by atoms with Crippen molar-refractivity contribution in [2.75, 3.05) is 19.6 Å². The number of amides is 1. The number of rotatable bonds is 5. The minimum atomic E-state index is -0.870. The van der Waals surface area contributed by atoms with E-state index in [1.165, 1.54) is 0 Å². The van der Waals surface area contributed by atoms with Crippen LogP contribution in [0.1, 0.15) is 23.4 Å². The lowest BCUT2D eigenvalue weighted by molar-refractivity contribution is -0.123. The maximum absolute atomic E-state index is 12.0. The van der Waals surface area contributed by atoms with Crippen molar-refractivity contribution >= 4 is 17.2 Å². The Morgan fingerprint density at radius 1 is 1.30 bits per heavy atom. The number of hydrogen-bond acceptors (Lipinski definition) is 5. The number of carbonyl (C=O) groups excluding carboxylic acids is 1. The van der Waals surface area contributed by atoms with Crippen molar-refractivity contribution in [1.29, 1.82) is 0 Å². The molecule has 5 nitrogen and oxygen atoms in total. The van der Waals surface area contributed by atoms with Crippen LogP contribution >= 0.6 is 11.3 Å². The van der Waals surface area contributed by atoms with Crippen molar-refractivity contribution in [2.24, 2.45) is 0 Å². The summed E-state index contributed by atoms with van der Waals surface area (Å²) in [5, 5.41) is 15.7. The zero-order valence-corrected chi connectivity index (χ0v) is 13.8. The lowest BCUT2D eigenvalue weighted by Gasteiger charge is -2.37. The zero-order valence-electron chi connectivity index (χ0n) is 12.9. The summed E-state index contributed by atoms with van der Waals surface area (Å²) in [7, 11) is 0. The van der Waals surface area contributed by atoms with Gasteiger partial charge in [0.1, 0.15) is 5.60 Å². The fraction of sp³-hybridized carbons (Fsp3) is 0.412. The molecule has 1 aliphatic heterocycles. The normalized spacial score (nSPS) is 17.8. The number of pyridine rings is 1. The molecule has 0 radical (unpaired) electrons. The molecule has 2 aromatic rings. The Morgan fingerprint density at radius 3 is 2.78 bits per heavy atom. The predicted octanol–water partition coefficient (Wildman–Crippen LogP) is 1.74. The average Bonchev–Trinajstić information content (AvgIpc) is 3.10. The zero-order chi connectivity index (χ0) is 16.1. The van der Waals surface area contributed by atoms with Gasteiger partial charge in [0.05, 0.1) is 18.8 Å². The Balaban J connectivity index is 1.46. The van der Waals surface area contributed by atoms with E-state index < -0.39 is 5.60 Å². The van der Waals surface area contributed by atoms with Crippen LogP contribution in [0.15, 0.2) is 41.9 Å². The summed E-state index contributed by atoms with van der Waals surface area (Å²) >= 11 is 1.64. The van der Waals surface area contributed by atoms with Crippen LogP contribution in [-0.4, -0.2) is 40.5 Å². The molecule has 0 saturated carbocycles. The highest BCUT2D eigenvalue weighted by atomic mass is 32.1. The SMILES string of the molecule is O=C(CN1CCC(O)(c2ccccn2)CC1)NCc1cccs1. The van der Waals surface area contributed by atoms with Gasteiger partial charge in [0, 0.05) is 24.2 Å². The molecule has 122 valence electrons. The summed E-state index contributed by atoms with van der Waals surface area (Å²) in [5.41, 5.74) is -0.146. The number of nitrogens with zero attached hydrogens (tertiary/aromatic N) is 2. The first-order valence-corrected chi connectivity index (χ1v) is 8.69. The van der Waals surface area contributed by atoms with Gasteiger partial charge in [0.25, 0.3) is 0 Å². The van der Waals surface area contributed by atoms with E-state index in [0.717, 1.165) is 10.6 Å². The summed E-state index contributed by atoms with van der Waals surface area (Å²) in [4.78, 5) is 19.5. The van der Waals surface area contributed by atoms with Gasteiger partial charge in [0.15, 0.2) is 0 Å². The number of piperidine rings is 1. The van der Waals surface area contributed by atoms with E-state index in [1.54, 1.807) is 17.5 Å². The third kappa shape index (κ3) is 4.16. The van der Waals surface area contributed by atoms with Gasteiger partial charge in [-0.1, -0.05) is 12.1 Å². The highest BCUT2D eigenvalue weighted by Gasteiger charge is 2.35. The van der Waals surface area contributed by atoms with Crippen LogP contribution in [0.5, 0.6) is 0 Å². The van der Waals surface area contributed by atoms with Gasteiger partial charge in [-0.3, -0.25) is 14.7 Å². The first-order valence-electron chi connectivity index (χ1n) is 7.81. The molecule has 1 amide bonds. The maximum Gasteiger partial charge on any atom is 0.234 e. The lowest BCUT2D eigenvalue weighted by Crippen LogP contribution is -2.46. The minimum Gasteiger partial charge on any atom is -0.383 e. The molecule has 0 aliphatic carbocycles. The lowest BCUT2D eigenvalue weighted by atomic mass is 9.88. The Hall–Kier alpha value is -1.76. The fourth-order valence-corrected chi connectivity index (χ4v) is 3.48. The van der Waals surface area contributed by atoms with Crippen molar-refractivity contribution in [3.05, 3.63) is 52.5 Å². The van der Waals surface area contributed by atoms with Crippen LogP contribution in [0.4, 0.5) is 0 Å². The smallest absolute Gasteiger partial charge is 0.234 e. The highest BCUT2D eigenvalue weighted by Crippen LogP contribution is 2.31.